The molecule has 1 saturated heterocycles. The van der Waals surface area contributed by atoms with Gasteiger partial charge < -0.3 is 4.90 Å². The van der Waals surface area contributed by atoms with Crippen molar-refractivity contribution in [2.24, 2.45) is 0 Å². The minimum atomic E-state index is -0.351. The van der Waals surface area contributed by atoms with Crippen LogP contribution in [0.3, 0.4) is 0 Å². The maximum atomic E-state index is 13.7. The van der Waals surface area contributed by atoms with Crippen LogP contribution in [-0.4, -0.2) is 51.0 Å². The third-order valence-corrected chi connectivity index (χ3v) is 6.44. The third-order valence-electron chi connectivity index (χ3n) is 6.44. The standard InChI is InChI=1S/C25H32N4O3/c1-5-12-28-23(30)21(22(25(28)32)27-13-8-7-9-14-27)20-18(6-2)26-29(24(20)31)19-15-16(3)10-11-17(19)4/h10-11,15,26H,5-9,12-14H2,1-4H3. The van der Waals surface area contributed by atoms with Crippen molar-refractivity contribution in [2.75, 3.05) is 19.6 Å². The van der Waals surface area contributed by atoms with Crippen LogP contribution in [0.2, 0.25) is 0 Å². The Balaban J connectivity index is 1.95. The van der Waals surface area contributed by atoms with Crippen LogP contribution in [-0.2, 0) is 16.0 Å². The van der Waals surface area contributed by atoms with Gasteiger partial charge in [0.2, 0.25) is 0 Å². The van der Waals surface area contributed by atoms with Crippen molar-refractivity contribution in [3.63, 3.8) is 0 Å². The molecule has 0 bridgehead atoms. The van der Waals surface area contributed by atoms with E-state index in [1.54, 1.807) is 0 Å². The van der Waals surface area contributed by atoms with E-state index in [-0.39, 0.29) is 22.9 Å². The molecule has 0 spiro atoms. The number of likely N-dealkylation sites (tertiary alicyclic amines) is 1. The number of carbonyl (C=O) groups excluding carboxylic acids is 2. The molecule has 170 valence electrons. The minimum Gasteiger partial charge on any atom is -0.366 e. The highest BCUT2D eigenvalue weighted by molar-refractivity contribution is 6.35. The van der Waals surface area contributed by atoms with Crippen LogP contribution in [0.4, 0.5) is 0 Å². The fourth-order valence-electron chi connectivity index (χ4n) is 4.75. The highest BCUT2D eigenvalue weighted by Crippen LogP contribution is 2.33. The summed E-state index contributed by atoms with van der Waals surface area (Å²) in [6.07, 6.45) is 4.30. The van der Waals surface area contributed by atoms with Gasteiger partial charge in [0.1, 0.15) is 5.70 Å². The minimum absolute atomic E-state index is 0.269. The summed E-state index contributed by atoms with van der Waals surface area (Å²) in [5, 5.41) is 3.24. The second-order valence-electron chi connectivity index (χ2n) is 8.78. The van der Waals surface area contributed by atoms with Gasteiger partial charge in [0, 0.05) is 25.3 Å². The molecule has 0 aliphatic carbocycles. The molecule has 0 radical (unpaired) electrons. The zero-order chi connectivity index (χ0) is 23.0. The molecule has 0 unspecified atom stereocenters. The average Bonchev–Trinajstić information content (AvgIpc) is 3.24. The summed E-state index contributed by atoms with van der Waals surface area (Å²) < 4.78 is 1.53. The Hall–Kier alpha value is -3.09. The van der Waals surface area contributed by atoms with Gasteiger partial charge in [-0.25, -0.2) is 4.68 Å². The van der Waals surface area contributed by atoms with Crippen LogP contribution in [0.1, 0.15) is 61.9 Å². The van der Waals surface area contributed by atoms with E-state index in [9.17, 15) is 14.4 Å². The maximum Gasteiger partial charge on any atom is 0.279 e. The van der Waals surface area contributed by atoms with Crippen molar-refractivity contribution in [3.05, 3.63) is 56.6 Å². The summed E-state index contributed by atoms with van der Waals surface area (Å²) in [6, 6.07) is 5.95. The van der Waals surface area contributed by atoms with Crippen LogP contribution in [0.15, 0.2) is 28.7 Å². The lowest BCUT2D eigenvalue weighted by atomic mass is 10.0. The van der Waals surface area contributed by atoms with Crippen molar-refractivity contribution < 1.29 is 9.59 Å². The molecule has 3 heterocycles. The number of nitrogens with zero attached hydrogens (tertiary/aromatic N) is 3. The number of piperidine rings is 1. The SMILES string of the molecule is CCCN1C(=O)C(c2c(CC)[nH]n(-c3cc(C)ccc3C)c2=O)=C(N2CCCCC2)C1=O. The highest BCUT2D eigenvalue weighted by atomic mass is 16.2. The number of hydrogen-bond donors (Lipinski definition) is 1. The molecular formula is C25H32N4O3. The van der Waals surface area contributed by atoms with Crippen LogP contribution in [0, 0.1) is 13.8 Å². The van der Waals surface area contributed by atoms with E-state index in [1.807, 2.05) is 50.8 Å². The van der Waals surface area contributed by atoms with Gasteiger partial charge in [0.15, 0.2) is 0 Å². The zero-order valence-corrected chi connectivity index (χ0v) is 19.5. The van der Waals surface area contributed by atoms with Gasteiger partial charge in [-0.1, -0.05) is 26.0 Å². The first kappa shape index (κ1) is 22.1. The molecule has 2 aromatic rings. The predicted octanol–water partition coefficient (Wildman–Crippen LogP) is 3.32. The van der Waals surface area contributed by atoms with Crippen LogP contribution in [0.5, 0.6) is 0 Å². The van der Waals surface area contributed by atoms with E-state index in [0.29, 0.717) is 36.3 Å². The number of aromatic nitrogens is 2. The molecule has 1 N–H and O–H groups in total. The molecule has 32 heavy (non-hydrogen) atoms. The fourth-order valence-corrected chi connectivity index (χ4v) is 4.75. The molecule has 1 aromatic heterocycles. The number of H-pyrrole nitrogens is 1. The lowest BCUT2D eigenvalue weighted by Crippen LogP contribution is -2.37. The Morgan fingerprint density at radius 2 is 1.69 bits per heavy atom. The molecule has 2 amide bonds. The van der Waals surface area contributed by atoms with Crippen LogP contribution >= 0.6 is 0 Å². The van der Waals surface area contributed by atoms with Gasteiger partial charge in [0.25, 0.3) is 17.4 Å². The van der Waals surface area contributed by atoms with Crippen molar-refractivity contribution in [2.45, 2.75) is 59.8 Å². The Kier molecular flexibility index (Phi) is 6.09. The molecule has 0 atom stereocenters. The molecule has 2 aliphatic heterocycles. The Morgan fingerprint density at radius 1 is 0.969 bits per heavy atom. The molecule has 7 heteroatoms. The topological polar surface area (TPSA) is 78.4 Å². The van der Waals surface area contributed by atoms with Crippen molar-refractivity contribution in [1.82, 2.24) is 19.6 Å². The molecule has 0 saturated carbocycles. The number of amides is 2. The summed E-state index contributed by atoms with van der Waals surface area (Å²) in [5.41, 5.74) is 4.18. The Morgan fingerprint density at radius 3 is 2.34 bits per heavy atom. The Bertz CT molecular complexity index is 1150. The number of rotatable bonds is 6. The summed E-state index contributed by atoms with van der Waals surface area (Å²) >= 11 is 0. The van der Waals surface area contributed by atoms with E-state index < -0.39 is 0 Å². The van der Waals surface area contributed by atoms with E-state index in [0.717, 1.165) is 49.2 Å². The highest BCUT2D eigenvalue weighted by Gasteiger charge is 2.43. The van der Waals surface area contributed by atoms with Crippen LogP contribution in [0.25, 0.3) is 11.3 Å². The molecule has 2 aliphatic rings. The number of carbonyl (C=O) groups is 2. The fraction of sp³-hybridized carbons (Fsp3) is 0.480. The maximum absolute atomic E-state index is 13.7. The van der Waals surface area contributed by atoms with Gasteiger partial charge in [0.05, 0.1) is 16.8 Å². The number of aryl methyl sites for hydroxylation is 3. The largest absolute Gasteiger partial charge is 0.366 e. The van der Waals surface area contributed by atoms with Gasteiger partial charge >= 0.3 is 0 Å². The second kappa shape index (κ2) is 8.81. The number of hydrogen-bond acceptors (Lipinski definition) is 4. The molecule has 4 rings (SSSR count). The van der Waals surface area contributed by atoms with Crippen molar-refractivity contribution in [3.8, 4) is 5.69 Å². The molecule has 1 aromatic carbocycles. The number of nitrogens with one attached hydrogen (secondary N) is 1. The smallest absolute Gasteiger partial charge is 0.279 e. The van der Waals surface area contributed by atoms with E-state index in [4.69, 9.17) is 0 Å². The van der Waals surface area contributed by atoms with Gasteiger partial charge in [-0.05, 0) is 63.1 Å². The summed E-state index contributed by atoms with van der Waals surface area (Å²) in [4.78, 5) is 43.9. The lowest BCUT2D eigenvalue weighted by molar-refractivity contribution is -0.137. The summed E-state index contributed by atoms with van der Waals surface area (Å²) in [5.74, 6) is -0.619. The monoisotopic (exact) mass is 436 g/mol. The van der Waals surface area contributed by atoms with Crippen molar-refractivity contribution in [1.29, 1.82) is 0 Å². The predicted molar refractivity (Wildman–Crippen MR) is 125 cm³/mol. The third kappa shape index (κ3) is 3.59. The number of benzene rings is 1. The summed E-state index contributed by atoms with van der Waals surface area (Å²) in [6.45, 7) is 9.66. The zero-order valence-electron chi connectivity index (χ0n) is 19.5. The molecule has 1 fully saturated rings. The van der Waals surface area contributed by atoms with E-state index >= 15 is 0 Å². The first-order valence-electron chi connectivity index (χ1n) is 11.7. The summed E-state index contributed by atoms with van der Waals surface area (Å²) in [7, 11) is 0. The van der Waals surface area contributed by atoms with E-state index in [1.165, 1.54) is 9.58 Å². The average molecular weight is 437 g/mol. The normalized spacial score (nSPS) is 17.1. The quantitative estimate of drug-likeness (QED) is 0.705. The van der Waals surface area contributed by atoms with Gasteiger partial charge in [-0.15, -0.1) is 0 Å². The number of aromatic amines is 1. The second-order valence-corrected chi connectivity index (χ2v) is 8.78. The van der Waals surface area contributed by atoms with Gasteiger partial charge in [-0.2, -0.15) is 0 Å². The Labute approximate surface area is 188 Å². The lowest BCUT2D eigenvalue weighted by Gasteiger charge is -2.29. The van der Waals surface area contributed by atoms with Gasteiger partial charge in [-0.3, -0.25) is 24.4 Å². The number of imide groups is 1. The molecular weight excluding hydrogens is 404 g/mol. The van der Waals surface area contributed by atoms with E-state index in [2.05, 4.69) is 5.10 Å². The molecule has 7 nitrogen and oxygen atoms in total. The van der Waals surface area contributed by atoms with Crippen LogP contribution < -0.4 is 5.56 Å². The first-order valence-corrected chi connectivity index (χ1v) is 11.7. The first-order chi connectivity index (χ1) is 15.4. The van der Waals surface area contributed by atoms with Crippen molar-refractivity contribution >= 4 is 17.4 Å².